The summed E-state index contributed by atoms with van der Waals surface area (Å²) in [6, 6.07) is 12.1. The molecule has 0 fully saturated rings. The van der Waals surface area contributed by atoms with E-state index in [1.54, 1.807) is 26.5 Å². The molecule has 1 aromatic rings. The van der Waals surface area contributed by atoms with Crippen molar-refractivity contribution in [2.45, 2.75) is 55.8 Å². The highest BCUT2D eigenvalue weighted by Crippen LogP contribution is 2.51. The van der Waals surface area contributed by atoms with Gasteiger partial charge in [0.1, 0.15) is 19.0 Å². The lowest BCUT2D eigenvalue weighted by Gasteiger charge is -2.30. The molecule has 350 valence electrons. The van der Waals surface area contributed by atoms with Crippen LogP contribution in [0.2, 0.25) is 0 Å². The van der Waals surface area contributed by atoms with Crippen LogP contribution in [-0.2, 0) is 58.9 Å². The van der Waals surface area contributed by atoms with Gasteiger partial charge in [0.25, 0.3) is 20.2 Å². The molecule has 0 radical (unpaired) electrons. The Morgan fingerprint density at radius 2 is 1.43 bits per heavy atom. The van der Waals surface area contributed by atoms with Crippen LogP contribution in [0.4, 0.5) is 5.69 Å². The van der Waals surface area contributed by atoms with E-state index >= 15 is 0 Å². The van der Waals surface area contributed by atoms with Crippen molar-refractivity contribution in [1.82, 2.24) is 4.58 Å². The van der Waals surface area contributed by atoms with Gasteiger partial charge in [-0.25, -0.2) is 4.58 Å². The fourth-order valence-corrected chi connectivity index (χ4v) is 8.39. The first-order chi connectivity index (χ1) is 30.2. The molecule has 2 heterocycles. The van der Waals surface area contributed by atoms with Gasteiger partial charge in [-0.05, 0) is 80.1 Å². The molecule has 3 N–H and O–H groups in total. The number of rotatable bonds is 31. The number of fused-ring (bicyclic) bond motifs is 2. The summed E-state index contributed by atoms with van der Waals surface area (Å²) in [5.74, 6) is -0.744. The summed E-state index contributed by atoms with van der Waals surface area (Å²) in [6.07, 6.45) is 9.32. The summed E-state index contributed by atoms with van der Waals surface area (Å²) in [7, 11) is -5.61. The van der Waals surface area contributed by atoms with Crippen LogP contribution in [-0.4, -0.2) is 143 Å². The Balaban J connectivity index is 1.66. The first-order valence-electron chi connectivity index (χ1n) is 21.0. The summed E-state index contributed by atoms with van der Waals surface area (Å²) in [5.41, 5.74) is 2.73. The molecule has 0 saturated heterocycles. The van der Waals surface area contributed by atoms with Crippen LogP contribution in [0, 0.1) is 0 Å². The Hall–Kier alpha value is -4.02. The van der Waals surface area contributed by atoms with E-state index in [0.717, 1.165) is 22.2 Å². The molecule has 1 aromatic carbocycles. The van der Waals surface area contributed by atoms with Crippen molar-refractivity contribution in [1.29, 1.82) is 0 Å². The van der Waals surface area contributed by atoms with Crippen molar-refractivity contribution in [2.24, 2.45) is 0 Å². The minimum atomic E-state index is -4.57. The van der Waals surface area contributed by atoms with Crippen LogP contribution in [0.3, 0.4) is 0 Å². The number of methoxy groups -OCH3 is 2. The predicted molar refractivity (Wildman–Crippen MR) is 237 cm³/mol. The number of carboxylic acids is 1. The van der Waals surface area contributed by atoms with E-state index in [0.29, 0.717) is 122 Å². The van der Waals surface area contributed by atoms with Crippen LogP contribution >= 0.6 is 0 Å². The number of hydrogen-bond donors (Lipinski definition) is 3. The lowest BCUT2D eigenvalue weighted by molar-refractivity contribution is -0.137. The summed E-state index contributed by atoms with van der Waals surface area (Å²) in [4.78, 5) is 12.9. The number of anilines is 1. The Kier molecular flexibility index (Phi) is 21.4. The maximum Gasteiger partial charge on any atom is 0.303 e. The van der Waals surface area contributed by atoms with Gasteiger partial charge < -0.3 is 42.8 Å². The van der Waals surface area contributed by atoms with Crippen LogP contribution in [0.5, 0.6) is 0 Å². The fraction of sp³-hybridized carbons (Fsp3) is 0.545. The summed E-state index contributed by atoms with van der Waals surface area (Å²) in [5, 5.41) is 10.1. The van der Waals surface area contributed by atoms with E-state index in [-0.39, 0.29) is 24.2 Å². The van der Waals surface area contributed by atoms with Gasteiger partial charge in [-0.15, -0.1) is 0 Å². The standard InChI is InChI=1S/C44H62N2O15S2/c1-44(17-8-32-62(49,50)51)39-34-37(63(52,53)54)13-15-40(39)46(18-6-4-5-11-43(47)48)42(44)10-7-9-35-16-21-61-41-33-36(12-14-38(35)41)45(19-22-57-28-30-59-26-24-55-2)20-23-58-29-31-60-27-25-56-3/h7,9-10,12-16,21,33-34H,4-6,8,11,17-20,22-32H2,1-3H3,(H2-,47,48,49,50,51,52,53,54)/p+1. The van der Waals surface area contributed by atoms with Gasteiger partial charge in [-0.2, -0.15) is 16.8 Å². The molecule has 1 atom stereocenters. The highest BCUT2D eigenvalue weighted by Gasteiger charge is 2.43. The average Bonchev–Trinajstić information content (AvgIpc) is 3.46. The largest absolute Gasteiger partial charge is 0.481 e. The number of hydrogen-bond acceptors (Lipinski definition) is 13. The Morgan fingerprint density at radius 1 is 0.794 bits per heavy atom. The number of carboxylic acid groups (broad SMARTS) is 1. The summed E-state index contributed by atoms with van der Waals surface area (Å²) in [6.45, 7) is 8.23. The molecule has 19 heteroatoms. The van der Waals surface area contributed by atoms with Crippen molar-refractivity contribution in [3.05, 3.63) is 83.1 Å². The molecule has 17 nitrogen and oxygen atoms in total. The molecule has 0 amide bonds. The average molecular weight is 924 g/mol. The monoisotopic (exact) mass is 923 g/mol. The van der Waals surface area contributed by atoms with Gasteiger partial charge in [0, 0.05) is 55.6 Å². The van der Waals surface area contributed by atoms with Crippen molar-refractivity contribution in [3.63, 3.8) is 0 Å². The van der Waals surface area contributed by atoms with E-state index in [1.165, 1.54) is 12.1 Å². The first kappa shape index (κ1) is 51.6. The second kappa shape index (κ2) is 26.1. The molecular formula is C44H63N2O15S2+. The molecule has 1 unspecified atom stereocenters. The third-order valence-corrected chi connectivity index (χ3v) is 12.2. The topological polar surface area (TPSA) is 221 Å². The van der Waals surface area contributed by atoms with Crippen LogP contribution in [0.15, 0.2) is 75.9 Å². The van der Waals surface area contributed by atoms with E-state index in [2.05, 4.69) is 4.58 Å². The van der Waals surface area contributed by atoms with Gasteiger partial charge in [0.05, 0.1) is 75.8 Å². The molecule has 63 heavy (non-hydrogen) atoms. The van der Waals surface area contributed by atoms with Crippen molar-refractivity contribution >= 4 is 38.0 Å². The third kappa shape index (κ3) is 16.8. The Morgan fingerprint density at radius 3 is 2.03 bits per heavy atom. The number of unbranched alkanes of at least 4 members (excludes halogenated alkanes) is 2. The van der Waals surface area contributed by atoms with Gasteiger partial charge in [-0.1, -0.05) is 18.6 Å². The van der Waals surface area contributed by atoms with Crippen molar-refractivity contribution in [3.8, 4) is 11.3 Å². The minimum absolute atomic E-state index is 0.0322. The minimum Gasteiger partial charge on any atom is -0.481 e. The number of carbonyl (C=O) groups is 1. The van der Waals surface area contributed by atoms with Crippen molar-refractivity contribution in [2.75, 3.05) is 111 Å². The summed E-state index contributed by atoms with van der Waals surface area (Å²) < 4.78 is 109. The zero-order valence-corrected chi connectivity index (χ0v) is 38.1. The molecule has 0 bridgehead atoms. The molecule has 3 aliphatic rings. The maximum atomic E-state index is 12.3. The highest BCUT2D eigenvalue weighted by atomic mass is 32.2. The van der Waals surface area contributed by atoms with Crippen LogP contribution < -0.4 is 14.8 Å². The quantitative estimate of drug-likeness (QED) is 0.0450. The lowest BCUT2D eigenvalue weighted by Crippen LogP contribution is -2.36. The molecule has 0 spiro atoms. The molecule has 4 rings (SSSR count). The predicted octanol–water partition coefficient (Wildman–Crippen LogP) is 4.75. The Bertz CT molecular complexity index is 2200. The number of benzene rings is 2. The lowest BCUT2D eigenvalue weighted by atomic mass is 9.77. The van der Waals surface area contributed by atoms with Crippen LogP contribution in [0.25, 0.3) is 17.4 Å². The van der Waals surface area contributed by atoms with E-state index < -0.39 is 37.4 Å². The molecule has 2 aliphatic heterocycles. The first-order valence-corrected chi connectivity index (χ1v) is 24.1. The number of nitrogens with zero attached hydrogens (tertiary/aromatic N) is 2. The Labute approximate surface area is 370 Å². The SMILES string of the molecule is COCCOCCOCC[N+](CCOCCOCCOC)=c1ccc2c(/C=C/C=C3/N(CCCCCC(=O)O)c4ccc(S(=O)(=O)O)cc4C3(C)CCCS(=O)(=O)O)ccoc-2c1. The van der Waals surface area contributed by atoms with Crippen LogP contribution in [0.1, 0.15) is 56.6 Å². The molecular weight excluding hydrogens is 861 g/mol. The number of aliphatic carboxylic acids is 1. The molecule has 0 saturated carbocycles. The summed E-state index contributed by atoms with van der Waals surface area (Å²) >= 11 is 0. The zero-order chi connectivity index (χ0) is 45.7. The third-order valence-electron chi connectivity index (χ3n) is 10.6. The maximum absolute atomic E-state index is 12.3. The van der Waals surface area contributed by atoms with E-state index in [9.17, 15) is 30.7 Å². The number of allylic oxidation sites excluding steroid dienone is 3. The zero-order valence-electron chi connectivity index (χ0n) is 36.4. The highest BCUT2D eigenvalue weighted by molar-refractivity contribution is 7.86. The van der Waals surface area contributed by atoms with Crippen molar-refractivity contribution < 1.29 is 68.7 Å². The normalized spacial score (nSPS) is 16.1. The second-order valence-corrected chi connectivity index (χ2v) is 18.1. The fourth-order valence-electron chi connectivity index (χ4n) is 7.38. The van der Waals surface area contributed by atoms with E-state index in [4.69, 9.17) is 37.9 Å². The molecule has 0 aromatic heterocycles. The van der Waals surface area contributed by atoms with Gasteiger partial charge >= 0.3 is 5.97 Å². The molecule has 1 aliphatic carbocycles. The van der Waals surface area contributed by atoms with Gasteiger partial charge in [-0.3, -0.25) is 13.9 Å². The number of ether oxygens (including phenoxy) is 6. The second-order valence-electron chi connectivity index (χ2n) is 15.1. The smallest absolute Gasteiger partial charge is 0.303 e. The van der Waals surface area contributed by atoms with Gasteiger partial charge in [0.15, 0.2) is 13.1 Å². The van der Waals surface area contributed by atoms with Gasteiger partial charge in [0.2, 0.25) is 5.36 Å². The van der Waals surface area contributed by atoms with E-state index in [1.807, 2.05) is 54.3 Å².